The topological polar surface area (TPSA) is 61.3 Å². The van der Waals surface area contributed by atoms with E-state index in [2.05, 4.69) is 9.89 Å². The first-order valence-electron chi connectivity index (χ1n) is 6.95. The Balaban J connectivity index is 1.91. The van der Waals surface area contributed by atoms with E-state index in [0.717, 1.165) is 29.7 Å². The van der Waals surface area contributed by atoms with Gasteiger partial charge in [0.1, 0.15) is 5.75 Å². The molecule has 0 radical (unpaired) electrons. The Morgan fingerprint density at radius 3 is 2.48 bits per heavy atom. The molecule has 112 valence electrons. The number of nitrogens with two attached hydrogens (primary N) is 1. The Bertz CT molecular complexity index is 605. The summed E-state index contributed by atoms with van der Waals surface area (Å²) < 4.78 is 33.8. The molecular weight excluding hydrogens is 278 g/mol. The largest absolute Gasteiger partial charge is 0.435 e. The van der Waals surface area contributed by atoms with Gasteiger partial charge in [0, 0.05) is 5.92 Å². The first-order valence-corrected chi connectivity index (χ1v) is 6.95. The van der Waals surface area contributed by atoms with Gasteiger partial charge in [0.05, 0.1) is 11.3 Å². The molecular formula is C15H16F2N2O2. The first-order chi connectivity index (χ1) is 10.1. The van der Waals surface area contributed by atoms with Crippen molar-refractivity contribution in [3.05, 3.63) is 30.0 Å². The van der Waals surface area contributed by atoms with Crippen molar-refractivity contribution in [2.45, 2.75) is 38.2 Å². The van der Waals surface area contributed by atoms with Gasteiger partial charge in [-0.05, 0) is 30.5 Å². The van der Waals surface area contributed by atoms with Gasteiger partial charge < -0.3 is 15.0 Å². The summed E-state index contributed by atoms with van der Waals surface area (Å²) in [6.45, 7) is -2.83. The maximum Gasteiger partial charge on any atom is 0.387 e. The van der Waals surface area contributed by atoms with Crippen molar-refractivity contribution < 1.29 is 18.0 Å². The number of nitrogens with zero attached hydrogens (tertiary/aromatic N) is 1. The molecule has 21 heavy (non-hydrogen) atoms. The second-order valence-corrected chi connectivity index (χ2v) is 5.19. The first kappa shape index (κ1) is 13.9. The van der Waals surface area contributed by atoms with Crippen LogP contribution in [0.25, 0.3) is 11.1 Å². The Morgan fingerprint density at radius 1 is 1.19 bits per heavy atom. The summed E-state index contributed by atoms with van der Waals surface area (Å²) in [6.07, 6.45) is 4.51. The number of rotatable bonds is 4. The molecule has 6 heteroatoms. The minimum Gasteiger partial charge on any atom is -0.435 e. The predicted octanol–water partition coefficient (Wildman–Crippen LogP) is 4.18. The van der Waals surface area contributed by atoms with E-state index in [0.29, 0.717) is 5.92 Å². The Kier molecular flexibility index (Phi) is 3.77. The molecule has 1 saturated carbocycles. The molecule has 1 aromatic carbocycles. The smallest absolute Gasteiger partial charge is 0.387 e. The monoisotopic (exact) mass is 294 g/mol. The minimum atomic E-state index is -2.83. The summed E-state index contributed by atoms with van der Waals surface area (Å²) in [4.78, 5) is 0. The highest BCUT2D eigenvalue weighted by atomic mass is 19.3. The van der Waals surface area contributed by atoms with Crippen LogP contribution in [0.2, 0.25) is 0 Å². The highest BCUT2D eigenvalue weighted by Gasteiger charge is 2.26. The van der Waals surface area contributed by atoms with Crippen molar-refractivity contribution in [1.29, 1.82) is 0 Å². The average Bonchev–Trinajstić information content (AvgIpc) is 3.08. The van der Waals surface area contributed by atoms with Crippen LogP contribution in [0.4, 0.5) is 14.7 Å². The zero-order valence-electron chi connectivity index (χ0n) is 11.4. The molecule has 1 fully saturated rings. The highest BCUT2D eigenvalue weighted by Crippen LogP contribution is 2.41. The molecule has 0 amide bonds. The molecule has 2 aromatic rings. The van der Waals surface area contributed by atoms with Crippen LogP contribution in [0.15, 0.2) is 28.8 Å². The maximum atomic E-state index is 12.2. The van der Waals surface area contributed by atoms with Gasteiger partial charge in [-0.1, -0.05) is 30.1 Å². The molecule has 0 atom stereocenters. The fourth-order valence-corrected chi connectivity index (χ4v) is 2.89. The Labute approximate surface area is 120 Å². The Morgan fingerprint density at radius 2 is 1.86 bits per heavy atom. The lowest BCUT2D eigenvalue weighted by molar-refractivity contribution is -0.0498. The van der Waals surface area contributed by atoms with Gasteiger partial charge in [-0.3, -0.25) is 0 Å². The summed E-state index contributed by atoms with van der Waals surface area (Å²) in [5.41, 5.74) is 8.32. The zero-order chi connectivity index (χ0) is 14.8. The van der Waals surface area contributed by atoms with E-state index >= 15 is 0 Å². The number of nitrogen functional groups attached to an aromatic ring is 1. The summed E-state index contributed by atoms with van der Waals surface area (Å²) >= 11 is 0. The molecule has 1 aliphatic rings. The van der Waals surface area contributed by atoms with E-state index in [1.807, 2.05) is 0 Å². The quantitative estimate of drug-likeness (QED) is 0.918. The van der Waals surface area contributed by atoms with E-state index in [1.54, 1.807) is 12.1 Å². The number of halogens is 2. The predicted molar refractivity (Wildman–Crippen MR) is 74.2 cm³/mol. The summed E-state index contributed by atoms with van der Waals surface area (Å²) in [6, 6.07) is 6.37. The fourth-order valence-electron chi connectivity index (χ4n) is 2.89. The van der Waals surface area contributed by atoms with Crippen molar-refractivity contribution in [1.82, 2.24) is 5.16 Å². The molecule has 0 spiro atoms. The molecule has 0 bridgehead atoms. The van der Waals surface area contributed by atoms with Gasteiger partial charge in [-0.25, -0.2) is 0 Å². The number of ether oxygens (including phenoxy) is 1. The molecule has 1 aromatic heterocycles. The summed E-state index contributed by atoms with van der Waals surface area (Å²) in [7, 11) is 0. The lowest BCUT2D eigenvalue weighted by Gasteiger charge is -2.09. The number of alkyl halides is 2. The van der Waals surface area contributed by atoms with E-state index in [4.69, 9.17) is 10.3 Å². The van der Waals surface area contributed by atoms with Crippen LogP contribution < -0.4 is 10.5 Å². The normalized spacial score (nSPS) is 15.8. The molecule has 3 rings (SSSR count). The second-order valence-electron chi connectivity index (χ2n) is 5.19. The van der Waals surface area contributed by atoms with Gasteiger partial charge in [-0.2, -0.15) is 8.78 Å². The third kappa shape index (κ3) is 2.84. The number of aromatic nitrogens is 1. The van der Waals surface area contributed by atoms with Crippen LogP contribution in [0.5, 0.6) is 5.75 Å². The molecule has 0 saturated heterocycles. The van der Waals surface area contributed by atoms with E-state index in [1.165, 1.54) is 25.0 Å². The van der Waals surface area contributed by atoms with Gasteiger partial charge in [0.15, 0.2) is 0 Å². The fraction of sp³-hybridized carbons (Fsp3) is 0.400. The second kappa shape index (κ2) is 5.71. The van der Waals surface area contributed by atoms with Crippen LogP contribution in [-0.2, 0) is 0 Å². The van der Waals surface area contributed by atoms with Crippen molar-refractivity contribution in [2.75, 3.05) is 5.73 Å². The minimum absolute atomic E-state index is 0.117. The SMILES string of the molecule is Nc1onc(C2CCCC2)c1-c1ccc(OC(F)F)cc1. The Hall–Kier alpha value is -2.11. The van der Waals surface area contributed by atoms with Crippen molar-refractivity contribution in [3.8, 4) is 16.9 Å². The van der Waals surface area contributed by atoms with Crippen LogP contribution in [-0.4, -0.2) is 11.8 Å². The lowest BCUT2D eigenvalue weighted by Crippen LogP contribution is -2.01. The standard InChI is InChI=1S/C15H16F2N2O2/c16-15(17)20-11-7-5-9(6-8-11)12-13(19-21-14(12)18)10-3-1-2-4-10/h5-8,10,15H,1-4,18H2. The van der Waals surface area contributed by atoms with Gasteiger partial charge in [0.2, 0.25) is 5.88 Å². The van der Waals surface area contributed by atoms with Crippen molar-refractivity contribution in [2.24, 2.45) is 0 Å². The van der Waals surface area contributed by atoms with E-state index in [9.17, 15) is 8.78 Å². The number of hydrogen-bond donors (Lipinski definition) is 1. The van der Waals surface area contributed by atoms with Gasteiger partial charge >= 0.3 is 6.61 Å². The highest BCUT2D eigenvalue weighted by molar-refractivity contribution is 5.76. The van der Waals surface area contributed by atoms with Crippen molar-refractivity contribution in [3.63, 3.8) is 0 Å². The van der Waals surface area contributed by atoms with Crippen LogP contribution >= 0.6 is 0 Å². The molecule has 1 aliphatic carbocycles. The van der Waals surface area contributed by atoms with Gasteiger partial charge in [-0.15, -0.1) is 0 Å². The van der Waals surface area contributed by atoms with Gasteiger partial charge in [0.25, 0.3) is 0 Å². The van der Waals surface area contributed by atoms with Crippen molar-refractivity contribution >= 4 is 5.88 Å². The molecule has 1 heterocycles. The summed E-state index contributed by atoms with van der Waals surface area (Å²) in [5, 5.41) is 4.09. The number of hydrogen-bond acceptors (Lipinski definition) is 4. The van der Waals surface area contributed by atoms with E-state index in [-0.39, 0.29) is 11.6 Å². The van der Waals surface area contributed by atoms with Crippen LogP contribution in [0.1, 0.15) is 37.3 Å². The lowest BCUT2D eigenvalue weighted by atomic mass is 9.96. The van der Waals surface area contributed by atoms with E-state index < -0.39 is 6.61 Å². The third-order valence-electron chi connectivity index (χ3n) is 3.85. The molecule has 2 N–H and O–H groups in total. The summed E-state index contributed by atoms with van der Waals surface area (Å²) in [5.74, 6) is 0.740. The van der Waals surface area contributed by atoms with Crippen LogP contribution in [0.3, 0.4) is 0 Å². The molecule has 4 nitrogen and oxygen atoms in total. The molecule has 0 unspecified atom stereocenters. The average molecular weight is 294 g/mol. The molecule has 0 aliphatic heterocycles. The maximum absolute atomic E-state index is 12.2. The number of benzene rings is 1. The van der Waals surface area contributed by atoms with Crippen LogP contribution in [0, 0.1) is 0 Å². The zero-order valence-corrected chi connectivity index (χ0v) is 11.4. The third-order valence-corrected chi connectivity index (χ3v) is 3.85. The number of anilines is 1.